The van der Waals surface area contributed by atoms with Gasteiger partial charge < -0.3 is 15.1 Å². The van der Waals surface area contributed by atoms with Crippen LogP contribution in [-0.4, -0.2) is 18.6 Å². The van der Waals surface area contributed by atoms with Crippen molar-refractivity contribution in [3.05, 3.63) is 24.2 Å². The molecule has 0 bridgehead atoms. The molecule has 2 fully saturated rings. The van der Waals surface area contributed by atoms with E-state index in [4.69, 9.17) is 4.42 Å². The average molecular weight is 248 g/mol. The van der Waals surface area contributed by atoms with Gasteiger partial charge in [-0.2, -0.15) is 0 Å². The molecule has 18 heavy (non-hydrogen) atoms. The predicted molar refractivity (Wildman–Crippen MR) is 72.3 cm³/mol. The molecule has 3 atom stereocenters. The lowest BCUT2D eigenvalue weighted by molar-refractivity contribution is 0.254. The largest absolute Gasteiger partial charge is 0.468 e. The molecule has 1 saturated heterocycles. The maximum absolute atomic E-state index is 5.40. The molecule has 1 saturated carbocycles. The number of nitrogens with one attached hydrogen (secondary N) is 2. The third-order valence-electron chi connectivity index (χ3n) is 4.55. The number of hydrogen-bond acceptors (Lipinski definition) is 3. The van der Waals surface area contributed by atoms with Crippen LogP contribution in [0.5, 0.6) is 0 Å². The molecule has 0 aromatic carbocycles. The van der Waals surface area contributed by atoms with E-state index in [1.54, 1.807) is 6.26 Å². The van der Waals surface area contributed by atoms with Crippen LogP contribution >= 0.6 is 0 Å². The molecular formula is C15H24N2O. The summed E-state index contributed by atoms with van der Waals surface area (Å²) in [6, 6.07) is 5.43. The van der Waals surface area contributed by atoms with Gasteiger partial charge in [-0.15, -0.1) is 0 Å². The highest BCUT2D eigenvalue weighted by atomic mass is 16.3. The van der Waals surface area contributed by atoms with Gasteiger partial charge in [0.15, 0.2) is 0 Å². The van der Waals surface area contributed by atoms with Crippen LogP contribution in [0.15, 0.2) is 22.8 Å². The topological polar surface area (TPSA) is 37.2 Å². The molecule has 0 spiro atoms. The first-order valence-electron chi connectivity index (χ1n) is 7.42. The summed E-state index contributed by atoms with van der Waals surface area (Å²) in [6.45, 7) is 2.09. The Morgan fingerprint density at radius 2 is 2.22 bits per heavy atom. The summed E-state index contributed by atoms with van der Waals surface area (Å²) < 4.78 is 5.40. The zero-order valence-corrected chi connectivity index (χ0v) is 11.0. The molecule has 0 amide bonds. The van der Waals surface area contributed by atoms with Crippen molar-refractivity contribution in [1.82, 2.24) is 10.6 Å². The van der Waals surface area contributed by atoms with Crippen LogP contribution in [0.25, 0.3) is 0 Å². The number of piperidine rings is 1. The van der Waals surface area contributed by atoms with Gasteiger partial charge in [0.1, 0.15) is 5.76 Å². The molecule has 3 heteroatoms. The minimum Gasteiger partial charge on any atom is -0.468 e. The van der Waals surface area contributed by atoms with E-state index in [-0.39, 0.29) is 0 Å². The Labute approximate surface area is 109 Å². The van der Waals surface area contributed by atoms with Gasteiger partial charge in [-0.1, -0.05) is 12.8 Å². The van der Waals surface area contributed by atoms with Gasteiger partial charge in [0.25, 0.3) is 0 Å². The molecule has 3 rings (SSSR count). The summed E-state index contributed by atoms with van der Waals surface area (Å²) in [6.07, 6.45) is 9.96. The molecule has 100 valence electrons. The van der Waals surface area contributed by atoms with E-state index in [9.17, 15) is 0 Å². The molecule has 1 aromatic heterocycles. The van der Waals surface area contributed by atoms with E-state index in [1.807, 2.05) is 6.07 Å². The summed E-state index contributed by atoms with van der Waals surface area (Å²) >= 11 is 0. The van der Waals surface area contributed by atoms with Crippen LogP contribution in [0.1, 0.15) is 44.3 Å². The zero-order chi connectivity index (χ0) is 12.2. The van der Waals surface area contributed by atoms with E-state index in [1.165, 1.54) is 45.1 Å². The number of furan rings is 1. The van der Waals surface area contributed by atoms with E-state index in [2.05, 4.69) is 16.7 Å². The zero-order valence-electron chi connectivity index (χ0n) is 11.0. The van der Waals surface area contributed by atoms with Gasteiger partial charge in [-0.3, -0.25) is 0 Å². The summed E-state index contributed by atoms with van der Waals surface area (Å²) in [5, 5.41) is 7.42. The monoisotopic (exact) mass is 248 g/mol. The van der Waals surface area contributed by atoms with E-state index >= 15 is 0 Å². The predicted octanol–water partition coefficient (Wildman–Crippen LogP) is 2.68. The molecule has 2 heterocycles. The Kier molecular flexibility index (Phi) is 4.01. The Balaban J connectivity index is 1.53. The smallest absolute Gasteiger partial charge is 0.117 e. The van der Waals surface area contributed by atoms with Gasteiger partial charge in [0.2, 0.25) is 0 Å². The maximum Gasteiger partial charge on any atom is 0.117 e. The quantitative estimate of drug-likeness (QED) is 0.860. The van der Waals surface area contributed by atoms with Crippen molar-refractivity contribution < 1.29 is 4.42 Å². The van der Waals surface area contributed by atoms with Crippen LogP contribution < -0.4 is 10.6 Å². The first-order chi connectivity index (χ1) is 8.93. The molecule has 3 unspecified atom stereocenters. The van der Waals surface area contributed by atoms with Gasteiger partial charge in [-0.25, -0.2) is 0 Å². The Hall–Kier alpha value is -0.800. The third kappa shape index (κ3) is 2.78. The highest BCUT2D eigenvalue weighted by molar-refractivity contribution is 4.99. The summed E-state index contributed by atoms with van der Waals surface area (Å²) in [5.41, 5.74) is 0. The standard InChI is InChI=1S/C15H24N2O/c1-2-9-16-14(7-1)13-6-3-8-15(13)17-11-12-5-4-10-18-12/h4-5,10,13-17H,1-3,6-9,11H2. The van der Waals surface area contributed by atoms with Crippen LogP contribution in [0.4, 0.5) is 0 Å². The van der Waals surface area contributed by atoms with Crippen LogP contribution in [0.2, 0.25) is 0 Å². The fourth-order valence-corrected chi connectivity index (χ4v) is 3.61. The Morgan fingerprint density at radius 3 is 3.00 bits per heavy atom. The van der Waals surface area contributed by atoms with Crippen LogP contribution in [0.3, 0.4) is 0 Å². The minimum atomic E-state index is 0.672. The van der Waals surface area contributed by atoms with Crippen LogP contribution in [0, 0.1) is 5.92 Å². The van der Waals surface area contributed by atoms with Gasteiger partial charge in [-0.05, 0) is 50.3 Å². The molecule has 1 aliphatic heterocycles. The second-order valence-electron chi connectivity index (χ2n) is 5.72. The van der Waals surface area contributed by atoms with Crippen molar-refractivity contribution in [3.8, 4) is 0 Å². The summed E-state index contributed by atoms with van der Waals surface area (Å²) in [7, 11) is 0. The Morgan fingerprint density at radius 1 is 1.22 bits per heavy atom. The first-order valence-corrected chi connectivity index (χ1v) is 7.42. The second kappa shape index (κ2) is 5.89. The van der Waals surface area contributed by atoms with Crippen molar-refractivity contribution in [2.24, 2.45) is 5.92 Å². The highest BCUT2D eigenvalue weighted by Crippen LogP contribution is 2.31. The average Bonchev–Trinajstić information content (AvgIpc) is 3.09. The van der Waals surface area contributed by atoms with E-state index < -0.39 is 0 Å². The van der Waals surface area contributed by atoms with Crippen molar-refractivity contribution in [1.29, 1.82) is 0 Å². The lowest BCUT2D eigenvalue weighted by atomic mass is 9.88. The fourth-order valence-electron chi connectivity index (χ4n) is 3.61. The minimum absolute atomic E-state index is 0.672. The molecule has 1 aliphatic carbocycles. The van der Waals surface area contributed by atoms with Crippen molar-refractivity contribution in [3.63, 3.8) is 0 Å². The molecule has 2 aliphatic rings. The summed E-state index contributed by atoms with van der Waals surface area (Å²) in [4.78, 5) is 0. The first kappa shape index (κ1) is 12.2. The summed E-state index contributed by atoms with van der Waals surface area (Å²) in [5.74, 6) is 1.87. The van der Waals surface area contributed by atoms with Crippen molar-refractivity contribution >= 4 is 0 Å². The normalized spacial score (nSPS) is 32.8. The maximum atomic E-state index is 5.40. The number of hydrogen-bond donors (Lipinski definition) is 2. The molecular weight excluding hydrogens is 224 g/mol. The van der Waals surface area contributed by atoms with Crippen LogP contribution in [-0.2, 0) is 6.54 Å². The second-order valence-corrected chi connectivity index (χ2v) is 5.72. The van der Waals surface area contributed by atoms with Gasteiger partial charge >= 0.3 is 0 Å². The van der Waals surface area contributed by atoms with Crippen molar-refractivity contribution in [2.45, 2.75) is 57.2 Å². The molecule has 1 aromatic rings. The van der Waals surface area contributed by atoms with Crippen molar-refractivity contribution in [2.75, 3.05) is 6.54 Å². The lowest BCUT2D eigenvalue weighted by Gasteiger charge is -2.33. The lowest BCUT2D eigenvalue weighted by Crippen LogP contribution is -2.46. The molecule has 3 nitrogen and oxygen atoms in total. The van der Waals surface area contributed by atoms with E-state index in [0.717, 1.165) is 24.3 Å². The molecule has 2 N–H and O–H groups in total. The van der Waals surface area contributed by atoms with Gasteiger partial charge in [0, 0.05) is 12.1 Å². The molecule has 0 radical (unpaired) electrons. The SMILES string of the molecule is c1coc(CNC2CCCC2C2CCCCN2)c1. The number of rotatable bonds is 4. The van der Waals surface area contributed by atoms with E-state index in [0.29, 0.717) is 6.04 Å². The third-order valence-corrected chi connectivity index (χ3v) is 4.55. The van der Waals surface area contributed by atoms with Gasteiger partial charge in [0.05, 0.1) is 12.8 Å². The highest BCUT2D eigenvalue weighted by Gasteiger charge is 2.33. The fraction of sp³-hybridized carbons (Fsp3) is 0.733. The Bertz CT molecular complexity index is 343.